The Morgan fingerprint density at radius 1 is 1.12 bits per heavy atom. The van der Waals surface area contributed by atoms with Gasteiger partial charge in [-0.05, 0) is 43.5 Å². The fourth-order valence-electron chi connectivity index (χ4n) is 2.05. The largest absolute Gasteiger partial charge is 0.372 e. The number of anilines is 2. The highest BCUT2D eigenvalue weighted by Gasteiger charge is 2.10. The Morgan fingerprint density at radius 2 is 1.75 bits per heavy atom. The summed E-state index contributed by atoms with van der Waals surface area (Å²) in [4.78, 5) is 13.0. The number of carbonyl (C=O) groups excluding carboxylic acids is 1. The van der Waals surface area contributed by atoms with Crippen molar-refractivity contribution in [2.45, 2.75) is 19.3 Å². The van der Waals surface area contributed by atoms with Crippen molar-refractivity contribution in [3.05, 3.63) is 24.3 Å². The zero-order chi connectivity index (χ0) is 11.4. The van der Waals surface area contributed by atoms with Crippen LogP contribution >= 0.6 is 0 Å². The van der Waals surface area contributed by atoms with Gasteiger partial charge in [0.2, 0.25) is 0 Å². The van der Waals surface area contributed by atoms with Crippen LogP contribution in [-0.2, 0) is 0 Å². The lowest BCUT2D eigenvalue weighted by Crippen LogP contribution is -2.29. The summed E-state index contributed by atoms with van der Waals surface area (Å²) in [7, 11) is 0. The number of carbonyl (C=O) groups is 1. The van der Waals surface area contributed by atoms with E-state index < -0.39 is 6.03 Å². The maximum absolute atomic E-state index is 10.7. The van der Waals surface area contributed by atoms with E-state index in [-0.39, 0.29) is 0 Å². The number of primary amides is 1. The molecule has 2 amide bonds. The van der Waals surface area contributed by atoms with Crippen LogP contribution in [0.4, 0.5) is 16.2 Å². The number of urea groups is 1. The molecule has 0 saturated carbocycles. The van der Waals surface area contributed by atoms with Crippen LogP contribution in [0.1, 0.15) is 19.3 Å². The fraction of sp³-hybridized carbons (Fsp3) is 0.417. The highest BCUT2D eigenvalue weighted by Crippen LogP contribution is 2.21. The second-order valence-electron chi connectivity index (χ2n) is 4.08. The first kappa shape index (κ1) is 10.8. The first-order chi connectivity index (χ1) is 7.75. The van der Waals surface area contributed by atoms with Crippen LogP contribution in [0.15, 0.2) is 24.3 Å². The highest BCUT2D eigenvalue weighted by molar-refractivity contribution is 5.87. The van der Waals surface area contributed by atoms with Crippen molar-refractivity contribution >= 4 is 17.4 Å². The number of hydrogen-bond donors (Lipinski definition) is 2. The molecule has 3 N–H and O–H groups in total. The number of rotatable bonds is 2. The van der Waals surface area contributed by atoms with Crippen LogP contribution in [-0.4, -0.2) is 19.1 Å². The van der Waals surface area contributed by atoms with Gasteiger partial charge in [-0.25, -0.2) is 4.79 Å². The van der Waals surface area contributed by atoms with E-state index in [1.54, 1.807) is 0 Å². The minimum absolute atomic E-state index is 0.522. The molecule has 1 aromatic rings. The van der Waals surface area contributed by atoms with Gasteiger partial charge in [-0.3, -0.25) is 0 Å². The summed E-state index contributed by atoms with van der Waals surface area (Å²) < 4.78 is 0. The van der Waals surface area contributed by atoms with E-state index in [1.165, 1.54) is 24.9 Å². The Balaban J connectivity index is 2.03. The van der Waals surface area contributed by atoms with Gasteiger partial charge in [0.05, 0.1) is 0 Å². The van der Waals surface area contributed by atoms with E-state index in [0.29, 0.717) is 0 Å². The molecular formula is C12H17N3O. The van der Waals surface area contributed by atoms with Gasteiger partial charge in [0.1, 0.15) is 0 Å². The van der Waals surface area contributed by atoms with Gasteiger partial charge in [0.25, 0.3) is 0 Å². The van der Waals surface area contributed by atoms with Crippen molar-refractivity contribution in [2.24, 2.45) is 5.73 Å². The molecule has 2 rings (SSSR count). The molecule has 1 aliphatic rings. The number of amides is 2. The van der Waals surface area contributed by atoms with E-state index >= 15 is 0 Å². The Labute approximate surface area is 95.4 Å². The zero-order valence-corrected chi connectivity index (χ0v) is 9.28. The van der Waals surface area contributed by atoms with Crippen molar-refractivity contribution in [1.29, 1.82) is 0 Å². The maximum Gasteiger partial charge on any atom is 0.316 e. The molecule has 4 nitrogen and oxygen atoms in total. The third-order valence-corrected chi connectivity index (χ3v) is 2.86. The van der Waals surface area contributed by atoms with Gasteiger partial charge in [-0.2, -0.15) is 0 Å². The summed E-state index contributed by atoms with van der Waals surface area (Å²) in [6.07, 6.45) is 3.86. The number of nitrogens with one attached hydrogen (secondary N) is 1. The fourth-order valence-corrected chi connectivity index (χ4v) is 2.05. The lowest BCUT2D eigenvalue weighted by molar-refractivity contribution is 0.259. The molecule has 0 bridgehead atoms. The summed E-state index contributed by atoms with van der Waals surface area (Å²) in [5.41, 5.74) is 7.01. The van der Waals surface area contributed by atoms with Crippen molar-refractivity contribution in [3.63, 3.8) is 0 Å². The summed E-state index contributed by atoms with van der Waals surface area (Å²) >= 11 is 0. The van der Waals surface area contributed by atoms with Crippen molar-refractivity contribution in [1.82, 2.24) is 0 Å². The summed E-state index contributed by atoms with van der Waals surface area (Å²) in [5.74, 6) is 0. The Morgan fingerprint density at radius 3 is 2.31 bits per heavy atom. The van der Waals surface area contributed by atoms with Crippen LogP contribution in [0.25, 0.3) is 0 Å². The third kappa shape index (κ3) is 2.66. The molecule has 0 aliphatic carbocycles. The van der Waals surface area contributed by atoms with Gasteiger partial charge in [0, 0.05) is 24.5 Å². The van der Waals surface area contributed by atoms with E-state index in [4.69, 9.17) is 5.73 Å². The Kier molecular flexibility index (Phi) is 3.29. The molecule has 0 spiro atoms. The van der Waals surface area contributed by atoms with Crippen LogP contribution in [0.2, 0.25) is 0 Å². The predicted octanol–water partition coefficient (Wildman–Crippen LogP) is 2.17. The molecule has 0 aromatic heterocycles. The highest BCUT2D eigenvalue weighted by atomic mass is 16.2. The number of benzene rings is 1. The van der Waals surface area contributed by atoms with Gasteiger partial charge in [-0.1, -0.05) is 0 Å². The van der Waals surface area contributed by atoms with Crippen LogP contribution < -0.4 is 16.0 Å². The molecule has 4 heteroatoms. The Bertz CT molecular complexity index is 355. The average molecular weight is 219 g/mol. The molecule has 0 unspecified atom stereocenters. The quantitative estimate of drug-likeness (QED) is 0.800. The average Bonchev–Trinajstić information content (AvgIpc) is 2.30. The van der Waals surface area contributed by atoms with Gasteiger partial charge in [-0.15, -0.1) is 0 Å². The molecule has 0 atom stereocenters. The van der Waals surface area contributed by atoms with Crippen molar-refractivity contribution < 1.29 is 4.79 Å². The lowest BCUT2D eigenvalue weighted by Gasteiger charge is -2.28. The molecule has 1 fully saturated rings. The molecule has 1 aliphatic heterocycles. The topological polar surface area (TPSA) is 58.4 Å². The van der Waals surface area contributed by atoms with Gasteiger partial charge >= 0.3 is 6.03 Å². The summed E-state index contributed by atoms with van der Waals surface area (Å²) in [6.45, 7) is 2.26. The number of piperidine rings is 1. The van der Waals surface area contributed by atoms with E-state index in [1.807, 2.05) is 24.3 Å². The minimum Gasteiger partial charge on any atom is -0.372 e. The van der Waals surface area contributed by atoms with Gasteiger partial charge < -0.3 is 16.0 Å². The Hall–Kier alpha value is -1.71. The second kappa shape index (κ2) is 4.88. The van der Waals surface area contributed by atoms with E-state index in [9.17, 15) is 4.79 Å². The smallest absolute Gasteiger partial charge is 0.316 e. The number of nitrogens with zero attached hydrogens (tertiary/aromatic N) is 1. The summed E-state index contributed by atoms with van der Waals surface area (Å²) in [5, 5.41) is 2.56. The van der Waals surface area contributed by atoms with E-state index in [0.717, 1.165) is 18.8 Å². The molecular weight excluding hydrogens is 202 g/mol. The third-order valence-electron chi connectivity index (χ3n) is 2.86. The van der Waals surface area contributed by atoms with Gasteiger partial charge in [0.15, 0.2) is 0 Å². The monoisotopic (exact) mass is 219 g/mol. The standard InChI is InChI=1S/C12H17N3O/c13-12(16)14-10-4-6-11(7-5-10)15-8-2-1-3-9-15/h4-7H,1-3,8-9H2,(H3,13,14,16). The summed E-state index contributed by atoms with van der Waals surface area (Å²) in [6, 6.07) is 7.29. The molecule has 1 aromatic carbocycles. The van der Waals surface area contributed by atoms with Crippen LogP contribution in [0.5, 0.6) is 0 Å². The molecule has 16 heavy (non-hydrogen) atoms. The van der Waals surface area contributed by atoms with E-state index in [2.05, 4.69) is 10.2 Å². The number of nitrogens with two attached hydrogens (primary N) is 1. The predicted molar refractivity (Wildman–Crippen MR) is 65.7 cm³/mol. The molecule has 1 saturated heterocycles. The number of hydrogen-bond acceptors (Lipinski definition) is 2. The first-order valence-corrected chi connectivity index (χ1v) is 5.67. The molecule has 1 heterocycles. The zero-order valence-electron chi connectivity index (χ0n) is 9.28. The lowest BCUT2D eigenvalue weighted by atomic mass is 10.1. The SMILES string of the molecule is NC(=O)Nc1ccc(N2CCCCC2)cc1. The molecule has 0 radical (unpaired) electrons. The van der Waals surface area contributed by atoms with Crippen molar-refractivity contribution in [2.75, 3.05) is 23.3 Å². The van der Waals surface area contributed by atoms with Crippen molar-refractivity contribution in [3.8, 4) is 0 Å². The van der Waals surface area contributed by atoms with Crippen LogP contribution in [0, 0.1) is 0 Å². The minimum atomic E-state index is -0.522. The molecule has 86 valence electrons. The normalized spacial score (nSPS) is 15.9. The second-order valence-corrected chi connectivity index (χ2v) is 4.08. The first-order valence-electron chi connectivity index (χ1n) is 5.67. The maximum atomic E-state index is 10.7. The van der Waals surface area contributed by atoms with Crippen LogP contribution in [0.3, 0.4) is 0 Å².